The first-order valence-electron chi connectivity index (χ1n) is 8.90. The number of rotatable bonds is 5. The van der Waals surface area contributed by atoms with Gasteiger partial charge in [-0.3, -0.25) is 19.7 Å². The van der Waals surface area contributed by atoms with Crippen LogP contribution in [-0.4, -0.2) is 27.0 Å². The Hall–Kier alpha value is -4.01. The molecule has 11 nitrogen and oxygen atoms in total. The summed E-state index contributed by atoms with van der Waals surface area (Å²) < 4.78 is 0. The van der Waals surface area contributed by atoms with Crippen molar-refractivity contribution in [1.82, 2.24) is 0 Å². The number of phenolic OH excluding ortho intramolecular Hbond substituents is 2. The minimum absolute atomic E-state index is 0. The molecule has 2 amide bonds. The summed E-state index contributed by atoms with van der Waals surface area (Å²) in [6.07, 6.45) is 0. The van der Waals surface area contributed by atoms with Crippen LogP contribution in [0.25, 0.3) is 10.8 Å². The molecule has 0 saturated heterocycles. The number of aromatic hydroxyl groups is 2. The number of benzene rings is 3. The number of nitrogens with zero attached hydrogens (tertiary/aromatic N) is 3. The number of carbonyl (C=O) groups excluding carboxylic acids is 2. The van der Waals surface area contributed by atoms with Crippen molar-refractivity contribution >= 4 is 51.0 Å². The van der Waals surface area contributed by atoms with Gasteiger partial charge < -0.3 is 20.8 Å². The predicted molar refractivity (Wildman–Crippen MR) is 113 cm³/mol. The van der Waals surface area contributed by atoms with E-state index in [1.54, 1.807) is 24.3 Å². The Morgan fingerprint density at radius 2 is 1.62 bits per heavy atom. The fourth-order valence-electron chi connectivity index (χ4n) is 2.92. The van der Waals surface area contributed by atoms with Crippen molar-refractivity contribution in [3.63, 3.8) is 0 Å². The molecule has 0 saturated carbocycles. The molecule has 0 aromatic heterocycles. The molecule has 162 valence electrons. The molecule has 0 atom stereocenters. The molecule has 0 radical (unpaired) electrons. The van der Waals surface area contributed by atoms with Crippen LogP contribution in [0.4, 0.5) is 28.4 Å². The third kappa shape index (κ3) is 5.18. The Morgan fingerprint density at radius 1 is 0.969 bits per heavy atom. The summed E-state index contributed by atoms with van der Waals surface area (Å²) >= 11 is 0. The molecule has 0 unspecified atom stereocenters. The molecule has 0 aliphatic carbocycles. The van der Waals surface area contributed by atoms with Crippen molar-refractivity contribution in [1.29, 1.82) is 0 Å². The smallest absolute Gasteiger partial charge is 0.506 e. The van der Waals surface area contributed by atoms with E-state index in [4.69, 9.17) is 0 Å². The number of carbonyl (C=O) groups is 2. The molecular formula is C20H17CrN5O6+2. The maximum Gasteiger partial charge on any atom is 2.00 e. The Bertz CT molecular complexity index is 1260. The number of nitro groups is 1. The van der Waals surface area contributed by atoms with Gasteiger partial charge in [0.05, 0.1) is 16.3 Å². The topological polar surface area (TPSA) is 167 Å². The van der Waals surface area contributed by atoms with Crippen molar-refractivity contribution < 1.29 is 42.1 Å². The van der Waals surface area contributed by atoms with Crippen LogP contribution in [0.2, 0.25) is 0 Å². The summed E-state index contributed by atoms with van der Waals surface area (Å²) in [5, 5.41) is 45.7. The monoisotopic (exact) mass is 475 g/mol. The normalized spacial score (nSPS) is 10.6. The number of non-ortho nitro benzene ring substituents is 1. The summed E-state index contributed by atoms with van der Waals surface area (Å²) in [4.78, 5) is 33.4. The minimum Gasteiger partial charge on any atom is -0.506 e. The molecule has 0 spiro atoms. The number of fused-ring (bicyclic) bond motifs is 1. The summed E-state index contributed by atoms with van der Waals surface area (Å²) in [5.74, 6) is -1.69. The minimum atomic E-state index is -0.714. The summed E-state index contributed by atoms with van der Waals surface area (Å²) in [7, 11) is 0. The zero-order chi connectivity index (χ0) is 22.7. The standard InChI is InChI=1S/C20H17N5O6.Cr/c1-10(26)21-14-5-3-4-12-6-7-17(28)19(18(12)14)24-23-16-9-13(25(30)31)8-15(20(16)29)22-11(2)27;/h3-9,28-29H,1-2H3,(H,21,26)(H,22,27);/q;+2. The second-order valence-corrected chi connectivity index (χ2v) is 6.52. The molecule has 0 heterocycles. The van der Waals surface area contributed by atoms with Crippen molar-refractivity contribution in [2.75, 3.05) is 10.6 Å². The van der Waals surface area contributed by atoms with E-state index in [2.05, 4.69) is 20.9 Å². The first-order valence-corrected chi connectivity index (χ1v) is 8.90. The molecule has 0 bridgehead atoms. The number of hydrogen-bond acceptors (Lipinski definition) is 8. The second kappa shape index (κ2) is 9.87. The summed E-state index contributed by atoms with van der Waals surface area (Å²) in [5.41, 5.74) is -0.592. The molecule has 0 fully saturated rings. The van der Waals surface area contributed by atoms with E-state index in [1.165, 1.54) is 19.9 Å². The van der Waals surface area contributed by atoms with Gasteiger partial charge in [-0.1, -0.05) is 18.2 Å². The Morgan fingerprint density at radius 3 is 2.25 bits per heavy atom. The van der Waals surface area contributed by atoms with Gasteiger partial charge in [0, 0.05) is 31.4 Å². The molecule has 3 aromatic rings. The van der Waals surface area contributed by atoms with Gasteiger partial charge in [-0.05, 0) is 17.5 Å². The molecule has 0 aliphatic heterocycles. The van der Waals surface area contributed by atoms with Gasteiger partial charge in [-0.25, -0.2) is 0 Å². The van der Waals surface area contributed by atoms with E-state index < -0.39 is 22.3 Å². The fourth-order valence-corrected chi connectivity index (χ4v) is 2.92. The number of nitrogens with one attached hydrogen (secondary N) is 2. The van der Waals surface area contributed by atoms with Crippen LogP contribution in [0.1, 0.15) is 13.8 Å². The number of nitro benzene ring substituents is 1. The number of azo groups is 1. The molecule has 12 heteroatoms. The molecule has 3 rings (SSSR count). The third-order valence-corrected chi connectivity index (χ3v) is 4.16. The van der Waals surface area contributed by atoms with Gasteiger partial charge >= 0.3 is 17.4 Å². The fraction of sp³-hybridized carbons (Fsp3) is 0.100. The first kappa shape index (κ1) is 24.3. The van der Waals surface area contributed by atoms with Gasteiger partial charge in [0.25, 0.3) is 5.69 Å². The molecule has 3 aromatic carbocycles. The Balaban J connectivity index is 0.00000363. The van der Waals surface area contributed by atoms with Crippen LogP contribution in [0.15, 0.2) is 52.7 Å². The van der Waals surface area contributed by atoms with Crippen molar-refractivity contribution in [3.05, 3.63) is 52.6 Å². The Kier molecular flexibility index (Phi) is 7.48. The molecule has 32 heavy (non-hydrogen) atoms. The first-order chi connectivity index (χ1) is 14.7. The van der Waals surface area contributed by atoms with Crippen molar-refractivity contribution in [2.24, 2.45) is 10.2 Å². The number of amides is 2. The maximum atomic E-state index is 11.5. The molecule has 0 aliphatic rings. The summed E-state index contributed by atoms with van der Waals surface area (Å²) in [6, 6.07) is 10.0. The second-order valence-electron chi connectivity index (χ2n) is 6.52. The number of anilines is 2. The average molecular weight is 475 g/mol. The van der Waals surface area contributed by atoms with Crippen molar-refractivity contribution in [3.8, 4) is 11.5 Å². The van der Waals surface area contributed by atoms with Crippen LogP contribution in [0.3, 0.4) is 0 Å². The van der Waals surface area contributed by atoms with E-state index in [1.807, 2.05) is 0 Å². The van der Waals surface area contributed by atoms with E-state index in [0.29, 0.717) is 16.5 Å². The number of hydrogen-bond donors (Lipinski definition) is 4. The van der Waals surface area contributed by atoms with E-state index in [9.17, 15) is 29.9 Å². The van der Waals surface area contributed by atoms with Crippen LogP contribution < -0.4 is 10.6 Å². The van der Waals surface area contributed by atoms with Crippen LogP contribution in [-0.2, 0) is 27.0 Å². The maximum absolute atomic E-state index is 11.5. The SMILES string of the molecule is CC(=O)Nc1cc([N+](=O)[O-])cc(N=Nc2c(O)ccc3cccc(NC(C)=O)c23)c1O.[Cr+2]. The molecule has 4 N–H and O–H groups in total. The van der Waals surface area contributed by atoms with Gasteiger partial charge in [0.2, 0.25) is 11.8 Å². The van der Waals surface area contributed by atoms with Crippen LogP contribution >= 0.6 is 0 Å². The quantitative estimate of drug-likeness (QED) is 0.184. The van der Waals surface area contributed by atoms with Crippen LogP contribution in [0, 0.1) is 10.1 Å². The zero-order valence-electron chi connectivity index (χ0n) is 16.8. The van der Waals surface area contributed by atoms with Crippen molar-refractivity contribution in [2.45, 2.75) is 13.8 Å². The predicted octanol–water partition coefficient (Wildman–Crippen LogP) is 4.49. The van der Waals surface area contributed by atoms with Gasteiger partial charge in [0.15, 0.2) is 5.75 Å². The number of phenols is 2. The largest absolute Gasteiger partial charge is 2.00 e. The van der Waals surface area contributed by atoms with Gasteiger partial charge in [-0.15, -0.1) is 10.2 Å². The Labute approximate surface area is 192 Å². The van der Waals surface area contributed by atoms with Gasteiger partial charge in [-0.2, -0.15) is 0 Å². The van der Waals surface area contributed by atoms with Crippen LogP contribution in [0.5, 0.6) is 11.5 Å². The zero-order valence-corrected chi connectivity index (χ0v) is 18.1. The molecular weight excluding hydrogens is 458 g/mol. The summed E-state index contributed by atoms with van der Waals surface area (Å²) in [6.45, 7) is 2.50. The average Bonchev–Trinajstić information content (AvgIpc) is 2.69. The van der Waals surface area contributed by atoms with E-state index >= 15 is 0 Å². The third-order valence-electron chi connectivity index (χ3n) is 4.16. The van der Waals surface area contributed by atoms with Gasteiger partial charge in [0.1, 0.15) is 17.1 Å². The van der Waals surface area contributed by atoms with E-state index in [0.717, 1.165) is 12.1 Å². The van der Waals surface area contributed by atoms with E-state index in [-0.39, 0.29) is 46.1 Å².